The van der Waals surface area contributed by atoms with Crippen molar-refractivity contribution in [2.24, 2.45) is 5.73 Å². The van der Waals surface area contributed by atoms with Gasteiger partial charge in [-0.05, 0) is 36.4 Å². The summed E-state index contributed by atoms with van der Waals surface area (Å²) in [5.41, 5.74) is 6.05. The number of amides is 2. The Hall–Kier alpha value is -2.34. The molecule has 0 aliphatic heterocycles. The Morgan fingerprint density at radius 1 is 1.10 bits per heavy atom. The molecule has 0 bridgehead atoms. The number of rotatable bonds is 5. The van der Waals surface area contributed by atoms with E-state index in [-0.39, 0.29) is 17.5 Å². The highest BCUT2D eigenvalue weighted by Crippen LogP contribution is 2.21. The van der Waals surface area contributed by atoms with Crippen molar-refractivity contribution in [1.82, 2.24) is 0 Å². The SMILES string of the molecule is NC(=O)c1ccc(NC(=O)CSc2ccccc2F)cc1. The first-order valence-corrected chi connectivity index (χ1v) is 7.12. The fourth-order valence-corrected chi connectivity index (χ4v) is 2.36. The Morgan fingerprint density at radius 2 is 1.76 bits per heavy atom. The van der Waals surface area contributed by atoms with Crippen molar-refractivity contribution in [2.75, 3.05) is 11.1 Å². The lowest BCUT2D eigenvalue weighted by atomic mass is 10.2. The van der Waals surface area contributed by atoms with Crippen molar-refractivity contribution in [3.63, 3.8) is 0 Å². The van der Waals surface area contributed by atoms with Crippen LogP contribution < -0.4 is 11.1 Å². The first-order valence-electron chi connectivity index (χ1n) is 6.13. The quantitative estimate of drug-likeness (QED) is 0.834. The molecule has 2 rings (SSSR count). The third-order valence-electron chi connectivity index (χ3n) is 2.65. The molecule has 0 aliphatic carbocycles. The normalized spacial score (nSPS) is 10.1. The Kier molecular flexibility index (Phi) is 4.94. The van der Waals surface area contributed by atoms with Gasteiger partial charge in [0.25, 0.3) is 0 Å². The summed E-state index contributed by atoms with van der Waals surface area (Å²) in [7, 11) is 0. The predicted molar refractivity (Wildman–Crippen MR) is 80.7 cm³/mol. The van der Waals surface area contributed by atoms with E-state index in [2.05, 4.69) is 5.32 Å². The molecule has 21 heavy (non-hydrogen) atoms. The van der Waals surface area contributed by atoms with Crippen LogP contribution in [0.15, 0.2) is 53.4 Å². The number of thioether (sulfide) groups is 1. The van der Waals surface area contributed by atoms with Crippen LogP contribution in [0.5, 0.6) is 0 Å². The Labute approximate surface area is 125 Å². The molecule has 2 aromatic carbocycles. The average Bonchev–Trinajstić information content (AvgIpc) is 2.47. The smallest absolute Gasteiger partial charge is 0.248 e. The molecule has 2 amide bonds. The van der Waals surface area contributed by atoms with Gasteiger partial charge in [0, 0.05) is 16.1 Å². The third kappa shape index (κ3) is 4.32. The molecule has 0 radical (unpaired) electrons. The van der Waals surface area contributed by atoms with Crippen LogP contribution in [0.25, 0.3) is 0 Å². The molecule has 2 aromatic rings. The van der Waals surface area contributed by atoms with Crippen LogP contribution in [-0.2, 0) is 4.79 Å². The maximum atomic E-state index is 13.4. The lowest BCUT2D eigenvalue weighted by molar-refractivity contribution is -0.113. The number of hydrogen-bond donors (Lipinski definition) is 2. The van der Waals surface area contributed by atoms with Gasteiger partial charge in [-0.25, -0.2) is 4.39 Å². The van der Waals surface area contributed by atoms with Crippen LogP contribution in [0, 0.1) is 5.82 Å². The summed E-state index contributed by atoms with van der Waals surface area (Å²) < 4.78 is 13.4. The number of nitrogens with two attached hydrogens (primary N) is 1. The van der Waals surface area contributed by atoms with Crippen LogP contribution in [-0.4, -0.2) is 17.6 Å². The fraction of sp³-hybridized carbons (Fsp3) is 0.0667. The highest BCUT2D eigenvalue weighted by Gasteiger charge is 2.07. The van der Waals surface area contributed by atoms with E-state index in [1.165, 1.54) is 18.2 Å². The van der Waals surface area contributed by atoms with Gasteiger partial charge in [0.15, 0.2) is 0 Å². The van der Waals surface area contributed by atoms with E-state index in [9.17, 15) is 14.0 Å². The molecule has 4 nitrogen and oxygen atoms in total. The summed E-state index contributed by atoms with van der Waals surface area (Å²) in [6.07, 6.45) is 0. The van der Waals surface area contributed by atoms with Crippen molar-refractivity contribution in [2.45, 2.75) is 4.90 Å². The first kappa shape index (κ1) is 15.1. The van der Waals surface area contributed by atoms with Gasteiger partial charge >= 0.3 is 0 Å². The van der Waals surface area contributed by atoms with Gasteiger partial charge in [-0.15, -0.1) is 11.8 Å². The summed E-state index contributed by atoms with van der Waals surface area (Å²) >= 11 is 1.12. The molecule has 0 aliphatic rings. The zero-order chi connectivity index (χ0) is 15.2. The van der Waals surface area contributed by atoms with Gasteiger partial charge < -0.3 is 11.1 Å². The number of halogens is 1. The minimum Gasteiger partial charge on any atom is -0.366 e. The van der Waals surface area contributed by atoms with Crippen molar-refractivity contribution >= 4 is 29.3 Å². The molecule has 0 fully saturated rings. The predicted octanol–water partition coefficient (Wildman–Crippen LogP) is 2.66. The van der Waals surface area contributed by atoms with Crippen LogP contribution >= 0.6 is 11.8 Å². The second-order valence-corrected chi connectivity index (χ2v) is 5.23. The Balaban J connectivity index is 1.90. The maximum Gasteiger partial charge on any atom is 0.248 e. The van der Waals surface area contributed by atoms with E-state index in [1.54, 1.807) is 30.3 Å². The Morgan fingerprint density at radius 3 is 2.38 bits per heavy atom. The molecule has 0 atom stereocenters. The van der Waals surface area contributed by atoms with Gasteiger partial charge in [-0.1, -0.05) is 12.1 Å². The van der Waals surface area contributed by atoms with E-state index >= 15 is 0 Å². The van der Waals surface area contributed by atoms with Crippen molar-refractivity contribution < 1.29 is 14.0 Å². The average molecular weight is 304 g/mol. The monoisotopic (exact) mass is 304 g/mol. The van der Waals surface area contributed by atoms with E-state index in [0.717, 1.165) is 11.8 Å². The number of primary amides is 1. The highest BCUT2D eigenvalue weighted by molar-refractivity contribution is 8.00. The molecule has 6 heteroatoms. The fourth-order valence-electron chi connectivity index (χ4n) is 1.62. The van der Waals surface area contributed by atoms with Crippen molar-refractivity contribution in [3.05, 3.63) is 59.9 Å². The first-order chi connectivity index (χ1) is 10.1. The molecule has 0 aromatic heterocycles. The second kappa shape index (κ2) is 6.90. The molecule has 0 saturated carbocycles. The van der Waals surface area contributed by atoms with Gasteiger partial charge in [0.2, 0.25) is 11.8 Å². The lowest BCUT2D eigenvalue weighted by Gasteiger charge is -2.06. The largest absolute Gasteiger partial charge is 0.366 e. The molecule has 3 N–H and O–H groups in total. The lowest BCUT2D eigenvalue weighted by Crippen LogP contribution is -2.15. The summed E-state index contributed by atoms with van der Waals surface area (Å²) in [5, 5.41) is 2.66. The zero-order valence-corrected chi connectivity index (χ0v) is 11.8. The number of nitrogens with one attached hydrogen (secondary N) is 1. The van der Waals surface area contributed by atoms with Crippen molar-refractivity contribution in [3.8, 4) is 0 Å². The van der Waals surface area contributed by atoms with Crippen LogP contribution in [0.2, 0.25) is 0 Å². The summed E-state index contributed by atoms with van der Waals surface area (Å²) in [5.74, 6) is -1.03. The topological polar surface area (TPSA) is 72.2 Å². The van der Waals surface area contributed by atoms with Gasteiger partial charge in [0.1, 0.15) is 5.82 Å². The minimum absolute atomic E-state index is 0.0957. The number of carbonyl (C=O) groups is 2. The zero-order valence-electron chi connectivity index (χ0n) is 11.0. The van der Waals surface area contributed by atoms with Crippen LogP contribution in [0.1, 0.15) is 10.4 Å². The van der Waals surface area contributed by atoms with E-state index in [4.69, 9.17) is 5.73 Å². The molecule has 0 saturated heterocycles. The third-order valence-corrected chi connectivity index (χ3v) is 3.70. The van der Waals surface area contributed by atoms with E-state index in [1.807, 2.05) is 0 Å². The molecule has 0 unspecified atom stereocenters. The standard InChI is InChI=1S/C15H13FN2O2S/c16-12-3-1-2-4-13(12)21-9-14(19)18-11-7-5-10(6-8-11)15(17)20/h1-8H,9H2,(H2,17,20)(H,18,19). The van der Waals surface area contributed by atoms with Gasteiger partial charge in [-0.3, -0.25) is 9.59 Å². The number of benzene rings is 2. The van der Waals surface area contributed by atoms with Gasteiger partial charge in [-0.2, -0.15) is 0 Å². The number of carbonyl (C=O) groups excluding carboxylic acids is 2. The van der Waals surface area contributed by atoms with Crippen LogP contribution in [0.4, 0.5) is 10.1 Å². The molecule has 0 spiro atoms. The summed E-state index contributed by atoms with van der Waals surface area (Å²) in [6, 6.07) is 12.5. The number of hydrogen-bond acceptors (Lipinski definition) is 3. The summed E-state index contributed by atoms with van der Waals surface area (Å²) in [4.78, 5) is 23.1. The van der Waals surface area contributed by atoms with Crippen molar-refractivity contribution in [1.29, 1.82) is 0 Å². The molecular weight excluding hydrogens is 291 g/mol. The molecular formula is C15H13FN2O2S. The maximum absolute atomic E-state index is 13.4. The molecule has 0 heterocycles. The Bertz CT molecular complexity index is 659. The number of anilines is 1. The second-order valence-electron chi connectivity index (χ2n) is 4.21. The minimum atomic E-state index is -0.525. The summed E-state index contributed by atoms with van der Waals surface area (Å²) in [6.45, 7) is 0. The van der Waals surface area contributed by atoms with E-state index in [0.29, 0.717) is 16.1 Å². The van der Waals surface area contributed by atoms with Gasteiger partial charge in [0.05, 0.1) is 5.75 Å². The van der Waals surface area contributed by atoms with Crippen LogP contribution in [0.3, 0.4) is 0 Å². The highest BCUT2D eigenvalue weighted by atomic mass is 32.2. The molecule has 108 valence electrons. The van der Waals surface area contributed by atoms with E-state index < -0.39 is 5.91 Å².